The minimum Gasteiger partial charge on any atom is -0.480 e. The molecule has 0 spiro atoms. The zero-order chi connectivity index (χ0) is 20.1. The van der Waals surface area contributed by atoms with Gasteiger partial charge in [-0.15, -0.1) is 0 Å². The van der Waals surface area contributed by atoms with Crippen molar-refractivity contribution < 1.29 is 23.9 Å². The molecule has 0 unspecified atom stereocenters. The Balaban J connectivity index is 1.86. The van der Waals surface area contributed by atoms with E-state index in [0.29, 0.717) is 17.0 Å². The smallest absolute Gasteiger partial charge is 0.322 e. The van der Waals surface area contributed by atoms with Crippen LogP contribution in [-0.2, 0) is 14.4 Å². The van der Waals surface area contributed by atoms with E-state index >= 15 is 0 Å². The van der Waals surface area contributed by atoms with E-state index in [1.165, 1.54) is 12.3 Å². The minimum absolute atomic E-state index is 0.0975. The number of hydrogen-bond acceptors (Lipinski definition) is 6. The number of carbonyl (C=O) groups is 3. The number of nitrogens with one attached hydrogen (secondary N) is 2. The van der Waals surface area contributed by atoms with Crippen molar-refractivity contribution in [2.45, 2.75) is 38.5 Å². The summed E-state index contributed by atoms with van der Waals surface area (Å²) >= 11 is 0. The van der Waals surface area contributed by atoms with Gasteiger partial charge < -0.3 is 20.2 Å². The Bertz CT molecular complexity index is 806. The Kier molecular flexibility index (Phi) is 6.15. The lowest BCUT2D eigenvalue weighted by Gasteiger charge is -2.34. The van der Waals surface area contributed by atoms with Crippen LogP contribution in [0.25, 0.3) is 5.70 Å². The average molecular weight is 388 g/mol. The van der Waals surface area contributed by atoms with Crippen molar-refractivity contribution in [1.29, 1.82) is 0 Å². The molecule has 1 aliphatic heterocycles. The molecule has 0 radical (unpaired) electrons. The van der Waals surface area contributed by atoms with Gasteiger partial charge in [0.15, 0.2) is 5.76 Å². The molecule has 28 heavy (non-hydrogen) atoms. The molecule has 9 nitrogen and oxygen atoms in total. The highest BCUT2D eigenvalue weighted by molar-refractivity contribution is 6.03. The van der Waals surface area contributed by atoms with Gasteiger partial charge in [0.1, 0.15) is 12.4 Å². The maximum Gasteiger partial charge on any atom is 0.322 e. The molecule has 2 aliphatic rings. The van der Waals surface area contributed by atoms with E-state index in [0.717, 1.165) is 37.1 Å². The lowest BCUT2D eigenvalue weighted by Crippen LogP contribution is -2.48. The fourth-order valence-corrected chi connectivity index (χ4v) is 3.57. The van der Waals surface area contributed by atoms with Crippen LogP contribution in [0.2, 0.25) is 0 Å². The first-order chi connectivity index (χ1) is 13.5. The minimum atomic E-state index is -1.13. The number of nitrogens with two attached hydrogens (primary N) is 1. The second-order valence-corrected chi connectivity index (χ2v) is 6.87. The first kappa shape index (κ1) is 19.7. The van der Waals surface area contributed by atoms with Crippen LogP contribution in [0, 0.1) is 5.92 Å². The summed E-state index contributed by atoms with van der Waals surface area (Å²) in [6.45, 7) is -0.468. The Morgan fingerprint density at radius 2 is 2.11 bits per heavy atom. The molecule has 5 N–H and O–H groups in total. The van der Waals surface area contributed by atoms with Crippen molar-refractivity contribution in [3.63, 3.8) is 0 Å². The molecule has 3 rings (SSSR count). The first-order valence-electron chi connectivity index (χ1n) is 9.30. The molecule has 1 aliphatic carbocycles. The molecule has 1 saturated carbocycles. The van der Waals surface area contributed by atoms with E-state index in [2.05, 4.69) is 10.6 Å². The van der Waals surface area contributed by atoms with Gasteiger partial charge >= 0.3 is 5.97 Å². The molecule has 0 atom stereocenters. The predicted molar refractivity (Wildman–Crippen MR) is 99.7 cm³/mol. The summed E-state index contributed by atoms with van der Waals surface area (Å²) in [5.74, 6) is 4.94. The van der Waals surface area contributed by atoms with Gasteiger partial charge in [-0.05, 0) is 37.0 Å². The maximum atomic E-state index is 13.0. The van der Waals surface area contributed by atoms with E-state index in [1.807, 2.05) is 0 Å². The number of carboxylic acids is 1. The zero-order valence-electron chi connectivity index (χ0n) is 15.4. The second-order valence-electron chi connectivity index (χ2n) is 6.87. The van der Waals surface area contributed by atoms with Crippen molar-refractivity contribution in [2.75, 3.05) is 6.54 Å². The van der Waals surface area contributed by atoms with Gasteiger partial charge in [0.05, 0.1) is 12.0 Å². The number of carbonyl (C=O) groups excluding carboxylic acids is 2. The number of rotatable bonds is 6. The van der Waals surface area contributed by atoms with Crippen molar-refractivity contribution >= 4 is 23.5 Å². The topological polar surface area (TPSA) is 138 Å². The van der Waals surface area contributed by atoms with Crippen molar-refractivity contribution in [3.05, 3.63) is 41.6 Å². The quantitative estimate of drug-likeness (QED) is 0.426. The molecule has 150 valence electrons. The lowest BCUT2D eigenvalue weighted by molar-refractivity contribution is -0.137. The normalized spacial score (nSPS) is 19.7. The van der Waals surface area contributed by atoms with Crippen molar-refractivity contribution in [3.8, 4) is 0 Å². The van der Waals surface area contributed by atoms with E-state index in [-0.39, 0.29) is 24.1 Å². The van der Waals surface area contributed by atoms with Gasteiger partial charge in [-0.2, -0.15) is 0 Å². The van der Waals surface area contributed by atoms with E-state index < -0.39 is 18.4 Å². The summed E-state index contributed by atoms with van der Waals surface area (Å²) in [5, 5.41) is 15.0. The third-order valence-electron chi connectivity index (χ3n) is 4.93. The van der Waals surface area contributed by atoms with Crippen molar-refractivity contribution in [2.24, 2.45) is 11.8 Å². The van der Waals surface area contributed by atoms with Crippen LogP contribution >= 0.6 is 0 Å². The fourth-order valence-electron chi connectivity index (χ4n) is 3.57. The third-order valence-corrected chi connectivity index (χ3v) is 4.93. The first-order valence-corrected chi connectivity index (χ1v) is 9.30. The molecular formula is C19H24N4O5. The Hall–Kier alpha value is -3.07. The molecule has 0 saturated heterocycles. The highest BCUT2D eigenvalue weighted by atomic mass is 16.4. The fraction of sp³-hybridized carbons (Fsp3) is 0.421. The van der Waals surface area contributed by atoms with E-state index in [9.17, 15) is 14.4 Å². The molecule has 2 amide bonds. The maximum absolute atomic E-state index is 13.0. The number of hydrazine groups is 1. The van der Waals surface area contributed by atoms with Crippen LogP contribution in [0.5, 0.6) is 0 Å². The highest BCUT2D eigenvalue weighted by Gasteiger charge is 2.35. The Morgan fingerprint density at radius 3 is 2.75 bits per heavy atom. The summed E-state index contributed by atoms with van der Waals surface area (Å²) < 4.78 is 5.51. The van der Waals surface area contributed by atoms with Gasteiger partial charge in [0.25, 0.3) is 5.91 Å². The number of carboxylic acid groups (broad SMARTS) is 1. The molecule has 1 fully saturated rings. The molecule has 1 aromatic rings. The number of furan rings is 1. The Morgan fingerprint density at radius 1 is 1.36 bits per heavy atom. The van der Waals surface area contributed by atoms with Gasteiger partial charge in [-0.25, -0.2) is 10.9 Å². The standard InChI is InChI=1S/C19H24N4O5/c20-23-14(8-9-15(24)21-11-16(25)26)22-18(13-7-4-10-28-13)17(19(23)27)12-5-2-1-3-6-12/h4,7-8,10,12,22H,1-3,5-6,9,11,20H2,(H,21,24)(H,25,26)/b14-8-. The summed E-state index contributed by atoms with van der Waals surface area (Å²) in [4.78, 5) is 35.4. The van der Waals surface area contributed by atoms with E-state index in [1.54, 1.807) is 12.1 Å². The molecule has 0 aromatic carbocycles. The third kappa shape index (κ3) is 4.42. The van der Waals surface area contributed by atoms with Gasteiger partial charge in [0, 0.05) is 12.0 Å². The molecule has 0 bridgehead atoms. The monoisotopic (exact) mass is 388 g/mol. The van der Waals surface area contributed by atoms with Crippen LogP contribution in [0.3, 0.4) is 0 Å². The summed E-state index contributed by atoms with van der Waals surface area (Å²) in [5.41, 5.74) is 1.17. The number of nitrogens with zero attached hydrogens (tertiary/aromatic N) is 1. The highest BCUT2D eigenvalue weighted by Crippen LogP contribution is 2.36. The van der Waals surface area contributed by atoms with Gasteiger partial charge in [-0.1, -0.05) is 19.3 Å². The SMILES string of the molecule is NN1C(=O)C(C2CCCCC2)=C(c2ccco2)N/C1=C/CC(=O)NCC(=O)O. The predicted octanol–water partition coefficient (Wildman–Crippen LogP) is 1.31. The average Bonchev–Trinajstić information content (AvgIpc) is 3.22. The van der Waals surface area contributed by atoms with Crippen LogP contribution < -0.4 is 16.5 Å². The second kappa shape index (κ2) is 8.75. The summed E-state index contributed by atoms with van der Waals surface area (Å²) in [6.07, 6.45) is 7.97. The van der Waals surface area contributed by atoms with Gasteiger partial charge in [0.2, 0.25) is 5.91 Å². The van der Waals surface area contributed by atoms with Crippen LogP contribution in [0.4, 0.5) is 0 Å². The van der Waals surface area contributed by atoms with Crippen molar-refractivity contribution in [1.82, 2.24) is 15.6 Å². The molecule has 9 heteroatoms. The largest absolute Gasteiger partial charge is 0.480 e. The Labute approximate surface area is 162 Å². The van der Waals surface area contributed by atoms with E-state index in [4.69, 9.17) is 15.4 Å². The number of hydrogen-bond donors (Lipinski definition) is 4. The molecule has 2 heterocycles. The van der Waals surface area contributed by atoms with Crippen LogP contribution in [0.1, 0.15) is 44.3 Å². The zero-order valence-corrected chi connectivity index (χ0v) is 15.4. The number of aliphatic carboxylic acids is 1. The number of amides is 2. The molecular weight excluding hydrogens is 364 g/mol. The molecule has 1 aromatic heterocycles. The van der Waals surface area contributed by atoms with Gasteiger partial charge in [-0.3, -0.25) is 14.4 Å². The lowest BCUT2D eigenvalue weighted by atomic mass is 9.81. The van der Waals surface area contributed by atoms with Crippen LogP contribution in [0.15, 0.2) is 40.3 Å². The van der Waals surface area contributed by atoms with Crippen LogP contribution in [-0.4, -0.2) is 34.4 Å². The summed E-state index contributed by atoms with van der Waals surface area (Å²) in [6, 6.07) is 3.51. The summed E-state index contributed by atoms with van der Waals surface area (Å²) in [7, 11) is 0.